The van der Waals surface area contributed by atoms with Gasteiger partial charge in [-0.05, 0) is 42.7 Å². The van der Waals surface area contributed by atoms with Crippen molar-refractivity contribution >= 4 is 5.91 Å². The van der Waals surface area contributed by atoms with Gasteiger partial charge in [0.25, 0.3) is 0 Å². The van der Waals surface area contributed by atoms with Gasteiger partial charge in [-0.3, -0.25) is 4.79 Å². The Balaban J connectivity index is 3.08. The van der Waals surface area contributed by atoms with Gasteiger partial charge in [-0.1, -0.05) is 0 Å². The fourth-order valence-electron chi connectivity index (χ4n) is 1.28. The molecule has 0 aromatic heterocycles. The predicted molar refractivity (Wildman–Crippen MR) is 62.3 cm³/mol. The highest BCUT2D eigenvalue weighted by Crippen LogP contribution is 2.28. The maximum Gasteiger partial charge on any atom is 0.249 e. The number of nitrogens with zero attached hydrogens (tertiary/aromatic N) is 3. The average molecular weight is 235 g/mol. The minimum absolute atomic E-state index is 0.273. The van der Waals surface area contributed by atoms with Crippen LogP contribution in [0.2, 0.25) is 0 Å². The summed E-state index contributed by atoms with van der Waals surface area (Å²) in [6.07, 6.45) is 0. The van der Waals surface area contributed by atoms with Gasteiger partial charge in [0.1, 0.15) is 0 Å². The Morgan fingerprint density at radius 1 is 1.29 bits per heavy atom. The smallest absolute Gasteiger partial charge is 0.249 e. The van der Waals surface area contributed by atoms with Crippen LogP contribution in [-0.4, -0.2) is 19.1 Å². The molecule has 6 nitrogen and oxygen atoms in total. The summed E-state index contributed by atoms with van der Waals surface area (Å²) in [6.45, 7) is 4.65. The molecule has 0 unspecified atom stereocenters. The summed E-state index contributed by atoms with van der Waals surface area (Å²) in [5.74, 6) is 0.386. The lowest BCUT2D eigenvalue weighted by molar-refractivity contribution is 0.1000. The summed E-state index contributed by atoms with van der Waals surface area (Å²) in [4.78, 5) is 13.8. The van der Waals surface area contributed by atoms with E-state index in [9.17, 15) is 4.79 Å². The second-order valence-corrected chi connectivity index (χ2v) is 3.02. The van der Waals surface area contributed by atoms with Crippen LogP contribution >= 0.6 is 0 Å². The van der Waals surface area contributed by atoms with Crippen molar-refractivity contribution in [3.63, 3.8) is 0 Å². The second-order valence-electron chi connectivity index (χ2n) is 3.02. The molecule has 1 aromatic rings. The summed E-state index contributed by atoms with van der Waals surface area (Å²) in [7, 11) is 0. The number of hydrogen-bond acceptors (Lipinski definition) is 3. The van der Waals surface area contributed by atoms with Crippen LogP contribution in [0.1, 0.15) is 24.2 Å². The Morgan fingerprint density at radius 3 is 2.53 bits per heavy atom. The maximum atomic E-state index is 11.4. The Kier molecular flexibility index (Phi) is 4.84. The topological polar surface area (TPSA) is 84.3 Å². The van der Waals surface area contributed by atoms with E-state index in [-0.39, 0.29) is 5.56 Å². The molecular weight excluding hydrogens is 222 g/mol. The van der Waals surface area contributed by atoms with Crippen molar-refractivity contribution in [1.82, 2.24) is 0 Å². The zero-order valence-corrected chi connectivity index (χ0v) is 9.71. The van der Waals surface area contributed by atoms with Crippen LogP contribution in [0.5, 0.6) is 11.5 Å². The molecule has 17 heavy (non-hydrogen) atoms. The summed E-state index contributed by atoms with van der Waals surface area (Å²) in [6, 6.07) is 4.66. The van der Waals surface area contributed by atoms with E-state index in [0.717, 1.165) is 0 Å². The van der Waals surface area contributed by atoms with Crippen molar-refractivity contribution < 1.29 is 14.3 Å². The number of hydrogen-bond donors (Lipinski definition) is 0. The number of carbonyl (C=O) groups is 1. The standard InChI is InChI=1S/C11H13N3O3/c1-3-16-9-6-5-8(11(15)13-14-12)7-10(9)17-4-2/h5-7H,3-4H2,1-2H3. The van der Waals surface area contributed by atoms with Crippen LogP contribution in [-0.2, 0) is 0 Å². The molecule has 0 radical (unpaired) electrons. The first kappa shape index (κ1) is 12.9. The molecule has 1 amide bonds. The molecule has 0 bridgehead atoms. The van der Waals surface area contributed by atoms with Crippen molar-refractivity contribution in [3.8, 4) is 11.5 Å². The third-order valence-corrected chi connectivity index (χ3v) is 1.93. The highest BCUT2D eigenvalue weighted by atomic mass is 16.5. The molecule has 0 aliphatic heterocycles. The summed E-state index contributed by atoms with van der Waals surface area (Å²) < 4.78 is 10.7. The Labute approximate surface area is 98.8 Å². The van der Waals surface area contributed by atoms with Crippen LogP contribution in [0.3, 0.4) is 0 Å². The average Bonchev–Trinajstić information content (AvgIpc) is 2.32. The zero-order chi connectivity index (χ0) is 12.7. The van der Waals surface area contributed by atoms with Crippen molar-refractivity contribution in [2.75, 3.05) is 13.2 Å². The number of ether oxygens (including phenoxy) is 2. The fraction of sp³-hybridized carbons (Fsp3) is 0.364. The van der Waals surface area contributed by atoms with E-state index in [1.807, 2.05) is 13.8 Å². The number of carbonyl (C=O) groups excluding carboxylic acids is 1. The SMILES string of the molecule is CCOc1ccc(C(=O)N=[N+]=[N-])cc1OCC. The third kappa shape index (κ3) is 3.39. The van der Waals surface area contributed by atoms with Crippen LogP contribution in [0.25, 0.3) is 10.4 Å². The molecule has 0 N–H and O–H groups in total. The second kappa shape index (κ2) is 6.40. The lowest BCUT2D eigenvalue weighted by atomic mass is 10.2. The molecule has 0 aliphatic carbocycles. The molecule has 0 saturated carbocycles. The van der Waals surface area contributed by atoms with Gasteiger partial charge in [0.2, 0.25) is 5.91 Å². The lowest BCUT2D eigenvalue weighted by Crippen LogP contribution is -2.01. The molecule has 0 fully saturated rings. The van der Waals surface area contributed by atoms with Gasteiger partial charge in [0.15, 0.2) is 11.5 Å². The number of azide groups is 1. The summed E-state index contributed by atoms with van der Waals surface area (Å²) in [5.41, 5.74) is 8.46. The molecule has 1 rings (SSSR count). The van der Waals surface area contributed by atoms with Crippen molar-refractivity contribution in [2.24, 2.45) is 5.11 Å². The first-order valence-electron chi connectivity index (χ1n) is 5.22. The lowest BCUT2D eigenvalue weighted by Gasteiger charge is -2.11. The molecule has 0 aliphatic rings. The van der Waals surface area contributed by atoms with Gasteiger partial charge in [-0.25, -0.2) is 0 Å². The maximum absolute atomic E-state index is 11.4. The van der Waals surface area contributed by atoms with E-state index in [1.165, 1.54) is 12.1 Å². The molecule has 0 spiro atoms. The van der Waals surface area contributed by atoms with Gasteiger partial charge < -0.3 is 9.47 Å². The molecule has 0 atom stereocenters. The normalized spacial score (nSPS) is 9.29. The molecule has 1 aromatic carbocycles. The van der Waals surface area contributed by atoms with E-state index < -0.39 is 5.91 Å². The summed E-state index contributed by atoms with van der Waals surface area (Å²) >= 11 is 0. The van der Waals surface area contributed by atoms with Crippen molar-refractivity contribution in [1.29, 1.82) is 0 Å². The van der Waals surface area contributed by atoms with Crippen molar-refractivity contribution in [2.45, 2.75) is 13.8 Å². The Hall–Kier alpha value is -2.20. The monoisotopic (exact) mass is 235 g/mol. The Bertz CT molecular complexity index is 453. The Morgan fingerprint density at radius 2 is 1.94 bits per heavy atom. The molecule has 0 heterocycles. The largest absolute Gasteiger partial charge is 0.490 e. The minimum atomic E-state index is -0.642. The van der Waals surface area contributed by atoms with Gasteiger partial charge in [-0.15, -0.1) is 0 Å². The number of benzene rings is 1. The van der Waals surface area contributed by atoms with E-state index in [2.05, 4.69) is 10.0 Å². The van der Waals surface area contributed by atoms with Crippen molar-refractivity contribution in [3.05, 3.63) is 34.2 Å². The van der Waals surface area contributed by atoms with Gasteiger partial charge in [0, 0.05) is 10.5 Å². The predicted octanol–water partition coefficient (Wildman–Crippen LogP) is 2.93. The third-order valence-electron chi connectivity index (χ3n) is 1.93. The molecule has 90 valence electrons. The van der Waals surface area contributed by atoms with Crippen LogP contribution in [0, 0.1) is 0 Å². The van der Waals surface area contributed by atoms with Crippen LogP contribution in [0.4, 0.5) is 0 Å². The molecular formula is C11H13N3O3. The fourth-order valence-corrected chi connectivity index (χ4v) is 1.28. The molecule has 6 heteroatoms. The zero-order valence-electron chi connectivity index (χ0n) is 9.71. The first-order chi connectivity index (χ1) is 8.22. The highest BCUT2D eigenvalue weighted by molar-refractivity contribution is 5.95. The number of amides is 1. The van der Waals surface area contributed by atoms with Gasteiger partial charge in [-0.2, -0.15) is 0 Å². The van der Waals surface area contributed by atoms with E-state index in [0.29, 0.717) is 24.7 Å². The van der Waals surface area contributed by atoms with Crippen LogP contribution in [0.15, 0.2) is 23.3 Å². The van der Waals surface area contributed by atoms with E-state index in [4.69, 9.17) is 15.0 Å². The van der Waals surface area contributed by atoms with E-state index >= 15 is 0 Å². The van der Waals surface area contributed by atoms with E-state index in [1.54, 1.807) is 6.07 Å². The molecule has 0 saturated heterocycles. The first-order valence-corrected chi connectivity index (χ1v) is 5.22. The number of rotatable bonds is 5. The quantitative estimate of drug-likeness (QED) is 0.446. The van der Waals surface area contributed by atoms with Gasteiger partial charge >= 0.3 is 0 Å². The van der Waals surface area contributed by atoms with Gasteiger partial charge in [0.05, 0.1) is 13.2 Å². The summed E-state index contributed by atoms with van der Waals surface area (Å²) in [5, 5.41) is 3.02. The highest BCUT2D eigenvalue weighted by Gasteiger charge is 2.09. The van der Waals surface area contributed by atoms with Crippen LogP contribution < -0.4 is 9.47 Å². The minimum Gasteiger partial charge on any atom is -0.490 e.